The third-order valence-electron chi connectivity index (χ3n) is 14.2. The van der Waals surface area contributed by atoms with Gasteiger partial charge >= 0.3 is 0 Å². The topological polar surface area (TPSA) is 210 Å². The zero-order chi connectivity index (χ0) is 52.2. The summed E-state index contributed by atoms with van der Waals surface area (Å²) >= 11 is 0. The van der Waals surface area contributed by atoms with E-state index in [0.717, 1.165) is 50.1 Å². The highest BCUT2D eigenvalue weighted by Crippen LogP contribution is 2.50. The molecule has 3 aliphatic rings. The van der Waals surface area contributed by atoms with E-state index >= 15 is 0 Å². The Balaban J connectivity index is 0.000000128. The van der Waals surface area contributed by atoms with Gasteiger partial charge in [0.25, 0.3) is 0 Å². The Labute approximate surface area is 433 Å². The van der Waals surface area contributed by atoms with E-state index in [-0.39, 0.29) is 87.3 Å². The largest absolute Gasteiger partial charge is 0.508 e. The van der Waals surface area contributed by atoms with Gasteiger partial charge < -0.3 is 60.2 Å². The molecule has 6 atom stereocenters. The van der Waals surface area contributed by atoms with Crippen LogP contribution in [0.2, 0.25) is 0 Å². The van der Waals surface area contributed by atoms with Crippen molar-refractivity contribution in [3.05, 3.63) is 250 Å². The van der Waals surface area contributed by atoms with E-state index in [1.165, 1.54) is 0 Å². The molecule has 0 aromatic heterocycles. The van der Waals surface area contributed by atoms with Gasteiger partial charge in [0.2, 0.25) is 0 Å². The fraction of sp³-hybridized carbons (Fsp3) is 0.143. The number of fused-ring (bicyclic) bond motifs is 3. The average Bonchev–Trinajstić information content (AvgIpc) is 3.42. The molecule has 0 amide bonds. The molecule has 0 aliphatic carbocycles. The van der Waals surface area contributed by atoms with Crippen LogP contribution in [0.1, 0.15) is 85.6 Å². The van der Waals surface area contributed by atoms with Crippen molar-refractivity contribution >= 4 is 0 Å². The number of hydrogen-bond donors (Lipinski definition) is 9. The molecule has 0 fully saturated rings. The van der Waals surface area contributed by atoms with Gasteiger partial charge in [0.05, 0.1) is 19.8 Å². The first kappa shape index (κ1) is 49.2. The molecule has 9 N–H and O–H groups in total. The Morgan fingerprint density at radius 1 is 0.227 bits per heavy atom. The zero-order valence-electron chi connectivity index (χ0n) is 40.4. The van der Waals surface area contributed by atoms with Crippen molar-refractivity contribution in [1.82, 2.24) is 0 Å². The van der Waals surface area contributed by atoms with Gasteiger partial charge in [0, 0.05) is 70.4 Å². The minimum Gasteiger partial charge on any atom is -0.508 e. The number of phenolic OH excluding ortho intramolecular Hbond substituents is 9. The summed E-state index contributed by atoms with van der Waals surface area (Å²) in [7, 11) is 0. The van der Waals surface area contributed by atoms with Gasteiger partial charge in [-0.05, 0) is 124 Å². The first-order valence-corrected chi connectivity index (χ1v) is 24.5. The molecule has 12 nitrogen and oxygen atoms in total. The first-order chi connectivity index (χ1) is 36.3. The van der Waals surface area contributed by atoms with Gasteiger partial charge in [-0.3, -0.25) is 0 Å². The van der Waals surface area contributed by atoms with E-state index in [0.29, 0.717) is 37.1 Å². The highest BCUT2D eigenvalue weighted by Gasteiger charge is 2.36. The summed E-state index contributed by atoms with van der Waals surface area (Å²) < 4.78 is 17.7. The summed E-state index contributed by atoms with van der Waals surface area (Å²) in [6, 6.07) is 58.6. The molecule has 9 aromatic rings. The molecule has 12 heteroatoms. The lowest BCUT2D eigenvalue weighted by Gasteiger charge is -2.34. The highest BCUT2D eigenvalue weighted by atomic mass is 16.5. The fourth-order valence-electron chi connectivity index (χ4n) is 10.5. The van der Waals surface area contributed by atoms with Gasteiger partial charge in [-0.2, -0.15) is 0 Å². The molecule has 0 unspecified atom stereocenters. The molecule has 12 rings (SSSR count). The zero-order valence-corrected chi connectivity index (χ0v) is 40.4. The smallest absolute Gasteiger partial charge is 0.126 e. The Kier molecular flexibility index (Phi) is 14.0. The van der Waals surface area contributed by atoms with E-state index in [4.69, 9.17) is 14.2 Å². The molecule has 0 spiro atoms. The second-order valence-corrected chi connectivity index (χ2v) is 18.9. The van der Waals surface area contributed by atoms with Crippen molar-refractivity contribution in [2.24, 2.45) is 0 Å². The van der Waals surface area contributed by atoms with Crippen LogP contribution in [0, 0.1) is 0 Å². The van der Waals surface area contributed by atoms with Gasteiger partial charge in [0.1, 0.15) is 69.0 Å². The molecule has 0 saturated heterocycles. The Bertz CT molecular complexity index is 3020. The molecule has 75 heavy (non-hydrogen) atoms. The molecule has 9 aromatic carbocycles. The van der Waals surface area contributed by atoms with E-state index < -0.39 is 0 Å². The Hall–Kier alpha value is -9.42. The van der Waals surface area contributed by atoms with Crippen LogP contribution in [-0.4, -0.2) is 65.8 Å². The van der Waals surface area contributed by atoms with E-state index in [1.807, 2.05) is 91.0 Å². The minimum absolute atomic E-state index is 0.0227. The number of rotatable bonds is 6. The molecule has 3 heterocycles. The summed E-state index contributed by atoms with van der Waals surface area (Å²) in [5.41, 5.74) is 9.36. The lowest BCUT2D eigenvalue weighted by molar-refractivity contribution is 0.247. The van der Waals surface area contributed by atoms with E-state index in [2.05, 4.69) is 0 Å². The van der Waals surface area contributed by atoms with Gasteiger partial charge in [0.15, 0.2) is 0 Å². The van der Waals surface area contributed by atoms with Gasteiger partial charge in [-0.25, -0.2) is 0 Å². The predicted molar refractivity (Wildman–Crippen MR) is 283 cm³/mol. The number of ether oxygens (including phenoxy) is 3. The summed E-state index contributed by atoms with van der Waals surface area (Å²) in [4.78, 5) is 0. The van der Waals surface area contributed by atoms with Crippen molar-refractivity contribution in [3.8, 4) is 69.0 Å². The Morgan fingerprint density at radius 2 is 0.413 bits per heavy atom. The number of benzene rings is 9. The summed E-state index contributed by atoms with van der Waals surface area (Å²) in [5, 5.41) is 86.8. The standard InChI is InChI=1S/3C21H18O4/c3*22-15-5-1-13(2-6-15)19-12-25-20-11-17(24)9-10-18(20)21(19)14-3-7-16(23)8-4-14/h3*1-11,19,21-24H,12H2/t3*19-,21-/m100/s1. The van der Waals surface area contributed by atoms with Crippen LogP contribution in [0.25, 0.3) is 0 Å². The fourth-order valence-corrected chi connectivity index (χ4v) is 10.5. The second kappa shape index (κ2) is 21.3. The number of hydrogen-bond acceptors (Lipinski definition) is 12. The quantitative estimate of drug-likeness (QED) is 0.0762. The van der Waals surface area contributed by atoms with Gasteiger partial charge in [-0.15, -0.1) is 0 Å². The molecule has 0 saturated carbocycles. The lowest BCUT2D eigenvalue weighted by Crippen LogP contribution is -2.25. The van der Waals surface area contributed by atoms with Crippen molar-refractivity contribution in [1.29, 1.82) is 0 Å². The first-order valence-electron chi connectivity index (χ1n) is 24.5. The predicted octanol–water partition coefficient (Wildman–Crippen LogP) is 12.3. The molecule has 3 aliphatic heterocycles. The summed E-state index contributed by atoms with van der Waals surface area (Å²) in [6.45, 7) is 1.40. The van der Waals surface area contributed by atoms with E-state index in [1.54, 1.807) is 109 Å². The van der Waals surface area contributed by atoms with Crippen LogP contribution in [0.15, 0.2) is 200 Å². The van der Waals surface area contributed by atoms with Crippen LogP contribution < -0.4 is 14.2 Å². The van der Waals surface area contributed by atoms with Crippen LogP contribution in [0.3, 0.4) is 0 Å². The maximum absolute atomic E-state index is 9.75. The van der Waals surface area contributed by atoms with Crippen molar-refractivity contribution in [3.63, 3.8) is 0 Å². The Morgan fingerprint density at radius 3 is 0.627 bits per heavy atom. The highest BCUT2D eigenvalue weighted by molar-refractivity contribution is 5.54. The van der Waals surface area contributed by atoms with Crippen LogP contribution in [0.5, 0.6) is 69.0 Å². The molecular weight excluding hydrogens is 949 g/mol. The normalized spacial score (nSPS) is 19.0. The van der Waals surface area contributed by atoms with Crippen molar-refractivity contribution < 1.29 is 60.2 Å². The van der Waals surface area contributed by atoms with Gasteiger partial charge in [-0.1, -0.05) is 91.0 Å². The van der Waals surface area contributed by atoms with Crippen LogP contribution >= 0.6 is 0 Å². The summed E-state index contributed by atoms with van der Waals surface area (Å²) in [6.07, 6.45) is 0. The molecular formula is C63H54O12. The monoisotopic (exact) mass is 1000 g/mol. The SMILES string of the molecule is Oc1ccc([C@@H]2c3ccc(O)cc3OC[C@@H]2c2ccc(O)cc2)cc1.Oc1ccc([C@H]2c3ccc(O)cc3OC[C@H]2c2ccc(O)cc2)cc1.Oc1ccc([C@H]2c3ccc(O)cc3OC[C@H]2c2ccc(O)cc2)cc1. The maximum Gasteiger partial charge on any atom is 0.126 e. The molecule has 378 valence electrons. The molecule has 0 radical (unpaired) electrons. The lowest BCUT2D eigenvalue weighted by atomic mass is 9.76. The van der Waals surface area contributed by atoms with Crippen LogP contribution in [-0.2, 0) is 0 Å². The molecule has 0 bridgehead atoms. The third-order valence-corrected chi connectivity index (χ3v) is 14.2. The number of aromatic hydroxyl groups is 9. The van der Waals surface area contributed by atoms with Crippen molar-refractivity contribution in [2.75, 3.05) is 19.8 Å². The second-order valence-electron chi connectivity index (χ2n) is 18.9. The summed E-state index contributed by atoms with van der Waals surface area (Å²) in [5.74, 6) is 4.14. The maximum atomic E-state index is 9.75. The minimum atomic E-state index is 0.0227. The van der Waals surface area contributed by atoms with Crippen molar-refractivity contribution in [2.45, 2.75) is 35.5 Å². The van der Waals surface area contributed by atoms with Crippen LogP contribution in [0.4, 0.5) is 0 Å². The average molecular weight is 1000 g/mol. The van der Waals surface area contributed by atoms with E-state index in [9.17, 15) is 46.0 Å². The third kappa shape index (κ3) is 10.9. The number of phenols is 9.